The number of aryl methyl sites for hydroxylation is 2. The van der Waals surface area contributed by atoms with Crippen LogP contribution in [0.1, 0.15) is 34.6 Å². The maximum absolute atomic E-state index is 13.1. The van der Waals surface area contributed by atoms with Crippen molar-refractivity contribution in [3.8, 4) is 0 Å². The van der Waals surface area contributed by atoms with Crippen LogP contribution in [0.4, 0.5) is 13.2 Å². The minimum Gasteiger partial charge on any atom is -0.475 e. The van der Waals surface area contributed by atoms with Gasteiger partial charge in [0.25, 0.3) is 5.91 Å². The molecule has 8 nitrogen and oxygen atoms in total. The third-order valence-corrected chi connectivity index (χ3v) is 6.48. The quantitative estimate of drug-likeness (QED) is 0.558. The zero-order chi connectivity index (χ0) is 26.8. The van der Waals surface area contributed by atoms with Crippen LogP contribution in [-0.2, 0) is 27.9 Å². The predicted octanol–water partition coefficient (Wildman–Crippen LogP) is 4.11. The Morgan fingerprint density at radius 3 is 2.57 bits per heavy atom. The summed E-state index contributed by atoms with van der Waals surface area (Å²) in [6.07, 6.45) is -1.32. The molecule has 2 saturated heterocycles. The molecular formula is C26H28F3N3O5. The number of nitrogens with zero attached hydrogens (tertiary/aromatic N) is 3. The van der Waals surface area contributed by atoms with Gasteiger partial charge in [-0.15, -0.1) is 0 Å². The first-order valence-electron chi connectivity index (χ1n) is 11.8. The molecule has 11 heteroatoms. The van der Waals surface area contributed by atoms with Crippen molar-refractivity contribution in [1.82, 2.24) is 14.5 Å². The van der Waals surface area contributed by atoms with Crippen LogP contribution in [0.15, 0.2) is 48.7 Å². The number of rotatable bonds is 4. The van der Waals surface area contributed by atoms with Crippen molar-refractivity contribution in [2.75, 3.05) is 19.7 Å². The zero-order valence-corrected chi connectivity index (χ0v) is 20.5. The molecule has 1 atom stereocenters. The second-order valence-corrected chi connectivity index (χ2v) is 9.36. The van der Waals surface area contributed by atoms with E-state index in [1.165, 1.54) is 0 Å². The Bertz CT molecular complexity index is 1280. The van der Waals surface area contributed by atoms with Crippen molar-refractivity contribution in [3.63, 3.8) is 0 Å². The Hall–Kier alpha value is -3.44. The van der Waals surface area contributed by atoms with Crippen LogP contribution in [0.3, 0.4) is 0 Å². The van der Waals surface area contributed by atoms with Gasteiger partial charge < -0.3 is 24.0 Å². The van der Waals surface area contributed by atoms with Crippen LogP contribution < -0.4 is 0 Å². The van der Waals surface area contributed by atoms with E-state index in [1.807, 2.05) is 72.1 Å². The number of hydrogen-bond donors (Lipinski definition) is 1. The Morgan fingerprint density at radius 1 is 1.19 bits per heavy atom. The van der Waals surface area contributed by atoms with E-state index >= 15 is 0 Å². The predicted molar refractivity (Wildman–Crippen MR) is 128 cm³/mol. The van der Waals surface area contributed by atoms with Crippen molar-refractivity contribution in [3.05, 3.63) is 65.6 Å². The van der Waals surface area contributed by atoms with Gasteiger partial charge in [-0.2, -0.15) is 13.2 Å². The molecule has 0 saturated carbocycles. The number of halogens is 3. The maximum Gasteiger partial charge on any atom is 0.490 e. The number of carbonyl (C=O) groups excluding carboxylic acids is 1. The lowest BCUT2D eigenvalue weighted by atomic mass is 9.84. The number of aliphatic carboxylic acids is 1. The number of carboxylic acids is 1. The first kappa shape index (κ1) is 26.6. The average molecular weight is 520 g/mol. The number of benzene rings is 1. The molecule has 198 valence electrons. The summed E-state index contributed by atoms with van der Waals surface area (Å²) < 4.78 is 46.0. The van der Waals surface area contributed by atoms with E-state index in [4.69, 9.17) is 19.4 Å². The van der Waals surface area contributed by atoms with Crippen molar-refractivity contribution in [2.45, 2.75) is 44.3 Å². The summed E-state index contributed by atoms with van der Waals surface area (Å²) in [5.74, 6) is -2.68. The smallest absolute Gasteiger partial charge is 0.475 e. The van der Waals surface area contributed by atoms with E-state index in [-0.39, 0.29) is 17.6 Å². The van der Waals surface area contributed by atoms with Crippen molar-refractivity contribution in [2.24, 2.45) is 7.05 Å². The SMILES string of the molecule is Cc1cccc(COC2CCOC3(C2)CN(C(=O)c2cn(C)c4ccccc24)C3)n1.O=C(O)C(F)(F)F. The maximum atomic E-state index is 13.1. The fraction of sp³-hybridized carbons (Fsp3) is 0.423. The normalized spacial score (nSPS) is 18.7. The molecule has 2 aliphatic rings. The topological polar surface area (TPSA) is 93.9 Å². The Labute approximate surface area is 211 Å². The minimum atomic E-state index is -5.08. The van der Waals surface area contributed by atoms with Crippen molar-refractivity contribution < 1.29 is 37.3 Å². The molecule has 1 amide bonds. The molecule has 37 heavy (non-hydrogen) atoms. The van der Waals surface area contributed by atoms with Gasteiger partial charge in [-0.3, -0.25) is 9.78 Å². The molecule has 0 bridgehead atoms. The lowest BCUT2D eigenvalue weighted by Gasteiger charge is -2.53. The first-order chi connectivity index (χ1) is 17.5. The Kier molecular flexibility index (Phi) is 7.56. The standard InChI is InChI=1S/C24H27N3O3.C2HF3O2/c1-17-6-5-7-18(25-17)14-29-19-10-11-30-24(12-19)15-27(16-24)23(28)21-13-26(2)22-9-4-3-8-20(21)22;3-2(4,5)1(6)7/h3-9,13,19H,10-12,14-16H2,1-2H3;(H,6,7). The third-order valence-electron chi connectivity index (χ3n) is 6.48. The second-order valence-electron chi connectivity index (χ2n) is 9.36. The van der Waals surface area contributed by atoms with E-state index in [2.05, 4.69) is 4.98 Å². The van der Waals surface area contributed by atoms with Gasteiger partial charge in [0.15, 0.2) is 0 Å². The van der Waals surface area contributed by atoms with Crippen LogP contribution in [0.25, 0.3) is 10.9 Å². The zero-order valence-electron chi connectivity index (χ0n) is 20.5. The number of pyridine rings is 1. The molecule has 5 rings (SSSR count). The summed E-state index contributed by atoms with van der Waals surface area (Å²) in [4.78, 5) is 28.4. The molecule has 1 N–H and O–H groups in total. The third kappa shape index (κ3) is 6.11. The highest BCUT2D eigenvalue weighted by atomic mass is 19.4. The number of aromatic nitrogens is 2. The minimum absolute atomic E-state index is 0.0769. The summed E-state index contributed by atoms with van der Waals surface area (Å²) in [7, 11) is 1.98. The summed E-state index contributed by atoms with van der Waals surface area (Å²) >= 11 is 0. The van der Waals surface area contributed by atoms with Crippen LogP contribution >= 0.6 is 0 Å². The van der Waals surface area contributed by atoms with E-state index in [1.54, 1.807) is 0 Å². The lowest BCUT2D eigenvalue weighted by molar-refractivity contribution is -0.192. The number of alkyl halides is 3. The average Bonchev–Trinajstić information content (AvgIpc) is 3.17. The van der Waals surface area contributed by atoms with Gasteiger partial charge in [-0.05, 0) is 31.5 Å². The number of para-hydroxylation sites is 1. The van der Waals surface area contributed by atoms with Gasteiger partial charge in [-0.1, -0.05) is 24.3 Å². The Morgan fingerprint density at radius 2 is 1.89 bits per heavy atom. The number of amides is 1. The van der Waals surface area contributed by atoms with Crippen LogP contribution in [0.5, 0.6) is 0 Å². The molecule has 0 aliphatic carbocycles. The molecule has 1 spiro atoms. The molecule has 0 radical (unpaired) electrons. The van der Waals surface area contributed by atoms with Gasteiger partial charge in [0, 0.05) is 42.9 Å². The highest BCUT2D eigenvalue weighted by Crippen LogP contribution is 2.37. The fourth-order valence-electron chi connectivity index (χ4n) is 4.70. The number of ether oxygens (including phenoxy) is 2. The fourth-order valence-corrected chi connectivity index (χ4v) is 4.70. The highest BCUT2D eigenvalue weighted by molar-refractivity contribution is 6.07. The Balaban J connectivity index is 0.000000405. The van der Waals surface area contributed by atoms with Crippen molar-refractivity contribution in [1.29, 1.82) is 0 Å². The monoisotopic (exact) mass is 519 g/mol. The van der Waals surface area contributed by atoms with Gasteiger partial charge >= 0.3 is 12.1 Å². The summed E-state index contributed by atoms with van der Waals surface area (Å²) in [5.41, 5.74) is 3.52. The van der Waals surface area contributed by atoms with Gasteiger partial charge in [0.1, 0.15) is 5.60 Å². The van der Waals surface area contributed by atoms with E-state index in [0.717, 1.165) is 40.7 Å². The van der Waals surface area contributed by atoms with Crippen LogP contribution in [0.2, 0.25) is 0 Å². The summed E-state index contributed by atoms with van der Waals surface area (Å²) in [6.45, 7) is 4.42. The number of carboxylic acid groups (broad SMARTS) is 1. The largest absolute Gasteiger partial charge is 0.490 e. The molecule has 4 heterocycles. The van der Waals surface area contributed by atoms with Crippen LogP contribution in [0, 0.1) is 6.92 Å². The van der Waals surface area contributed by atoms with Gasteiger partial charge in [0.05, 0.1) is 37.1 Å². The van der Waals surface area contributed by atoms with E-state index < -0.39 is 12.1 Å². The number of likely N-dealkylation sites (tertiary alicyclic amines) is 1. The molecule has 2 aromatic heterocycles. The number of carbonyl (C=O) groups is 2. The van der Waals surface area contributed by atoms with Crippen LogP contribution in [-0.4, -0.2) is 69.0 Å². The highest BCUT2D eigenvalue weighted by Gasteiger charge is 2.50. The molecule has 2 aliphatic heterocycles. The molecular weight excluding hydrogens is 491 g/mol. The van der Waals surface area contributed by atoms with Crippen molar-refractivity contribution >= 4 is 22.8 Å². The molecule has 2 fully saturated rings. The summed E-state index contributed by atoms with van der Waals surface area (Å²) in [5, 5.41) is 8.13. The summed E-state index contributed by atoms with van der Waals surface area (Å²) in [6, 6.07) is 14.0. The van der Waals surface area contributed by atoms with E-state index in [0.29, 0.717) is 26.3 Å². The molecule has 1 unspecified atom stereocenters. The number of hydrogen-bond acceptors (Lipinski definition) is 5. The molecule has 1 aromatic carbocycles. The van der Waals surface area contributed by atoms with Gasteiger partial charge in [0.2, 0.25) is 0 Å². The lowest BCUT2D eigenvalue weighted by Crippen LogP contribution is -2.67. The number of fused-ring (bicyclic) bond motifs is 1. The van der Waals surface area contributed by atoms with E-state index in [9.17, 15) is 18.0 Å². The second kappa shape index (κ2) is 10.5. The van der Waals surface area contributed by atoms with Gasteiger partial charge in [-0.25, -0.2) is 4.79 Å². The molecule has 3 aromatic rings. The first-order valence-corrected chi connectivity index (χ1v) is 11.8.